The van der Waals surface area contributed by atoms with Crippen LogP contribution in [0.25, 0.3) is 0 Å². The van der Waals surface area contributed by atoms with Crippen LogP contribution >= 0.6 is 0 Å². The zero-order chi connectivity index (χ0) is 12.9. The first-order valence-electron chi connectivity index (χ1n) is 7.01. The number of nitriles is 2. The zero-order valence-corrected chi connectivity index (χ0v) is 11.1. The minimum atomic E-state index is -0.776. The molecule has 1 heterocycles. The lowest BCUT2D eigenvalue weighted by atomic mass is 9.34. The fourth-order valence-corrected chi connectivity index (χ4v) is 5.83. The molecule has 0 spiro atoms. The van der Waals surface area contributed by atoms with E-state index in [2.05, 4.69) is 32.9 Å². The molecule has 0 aromatic heterocycles. The van der Waals surface area contributed by atoms with Gasteiger partial charge in [-0.15, -0.1) is 0 Å². The van der Waals surface area contributed by atoms with Crippen LogP contribution in [-0.4, -0.2) is 12.2 Å². The minimum Gasteiger partial charge on any atom is -0.369 e. The van der Waals surface area contributed by atoms with Gasteiger partial charge in [-0.2, -0.15) is 10.5 Å². The minimum absolute atomic E-state index is 0.155. The Morgan fingerprint density at radius 1 is 1.11 bits per heavy atom. The maximum absolute atomic E-state index is 9.68. The maximum Gasteiger partial charge on any atom is 0.153 e. The Labute approximate surface area is 108 Å². The Morgan fingerprint density at radius 2 is 1.67 bits per heavy atom. The highest BCUT2D eigenvalue weighted by Crippen LogP contribution is 2.81. The summed E-state index contributed by atoms with van der Waals surface area (Å²) < 4.78 is 5.76. The third-order valence-corrected chi connectivity index (χ3v) is 6.85. The van der Waals surface area contributed by atoms with Gasteiger partial charge in [0.1, 0.15) is 0 Å². The zero-order valence-electron chi connectivity index (χ0n) is 11.1. The lowest BCUT2D eigenvalue weighted by Crippen LogP contribution is -2.67. The molecule has 3 aliphatic carbocycles. The van der Waals surface area contributed by atoms with Gasteiger partial charge >= 0.3 is 0 Å². The second-order valence-corrected chi connectivity index (χ2v) is 7.15. The van der Waals surface area contributed by atoms with Crippen molar-refractivity contribution in [2.75, 3.05) is 0 Å². The van der Waals surface area contributed by atoms with E-state index in [0.29, 0.717) is 35.9 Å². The van der Waals surface area contributed by atoms with Crippen LogP contribution in [0.5, 0.6) is 0 Å². The van der Waals surface area contributed by atoms with Gasteiger partial charge in [0.15, 0.2) is 5.41 Å². The highest BCUT2D eigenvalue weighted by molar-refractivity contribution is 5.39. The predicted molar refractivity (Wildman–Crippen MR) is 63.8 cm³/mol. The maximum atomic E-state index is 9.68. The Balaban J connectivity index is 1.85. The molecule has 1 aliphatic heterocycles. The van der Waals surface area contributed by atoms with Gasteiger partial charge in [0.05, 0.1) is 24.3 Å². The number of nitrogens with zero attached hydrogens (tertiary/aromatic N) is 2. The van der Waals surface area contributed by atoms with Crippen LogP contribution in [0.3, 0.4) is 0 Å². The molecule has 4 rings (SSSR count). The van der Waals surface area contributed by atoms with E-state index >= 15 is 0 Å². The van der Waals surface area contributed by atoms with Gasteiger partial charge in [0, 0.05) is 11.3 Å². The molecule has 94 valence electrons. The van der Waals surface area contributed by atoms with Gasteiger partial charge in [-0.05, 0) is 30.1 Å². The smallest absolute Gasteiger partial charge is 0.153 e. The van der Waals surface area contributed by atoms with Gasteiger partial charge < -0.3 is 4.74 Å². The lowest BCUT2D eigenvalue weighted by molar-refractivity contribution is -0.176. The monoisotopic (exact) mass is 242 g/mol. The topological polar surface area (TPSA) is 60.1 Å². The van der Waals surface area contributed by atoms with Crippen LogP contribution in [0.1, 0.15) is 27.2 Å². The summed E-state index contributed by atoms with van der Waals surface area (Å²) in [7, 11) is 0. The van der Waals surface area contributed by atoms with Crippen LogP contribution in [0.2, 0.25) is 0 Å². The standard InChI is InChI=1S/C15H18N2O/c1-7(2)14(3)10-8-4-9(13-12(8)18-13)11(10)15(14,5-16)6-17/h7-13H,4H2,1-3H3. The van der Waals surface area contributed by atoms with Crippen LogP contribution in [0, 0.1) is 63.1 Å². The van der Waals surface area contributed by atoms with Crippen LogP contribution in [-0.2, 0) is 4.74 Å². The normalized spacial score (nSPS) is 57.2. The van der Waals surface area contributed by atoms with Crippen molar-refractivity contribution in [3.05, 3.63) is 0 Å². The van der Waals surface area contributed by atoms with E-state index in [1.165, 1.54) is 6.42 Å². The van der Waals surface area contributed by atoms with E-state index in [-0.39, 0.29) is 11.3 Å². The van der Waals surface area contributed by atoms with Crippen molar-refractivity contribution in [1.29, 1.82) is 10.5 Å². The third-order valence-electron chi connectivity index (χ3n) is 6.85. The summed E-state index contributed by atoms with van der Waals surface area (Å²) in [4.78, 5) is 0. The van der Waals surface area contributed by atoms with Crippen LogP contribution in [0.15, 0.2) is 0 Å². The molecule has 3 saturated carbocycles. The van der Waals surface area contributed by atoms with Crippen molar-refractivity contribution in [2.45, 2.75) is 39.4 Å². The molecular weight excluding hydrogens is 224 g/mol. The van der Waals surface area contributed by atoms with Crippen molar-refractivity contribution < 1.29 is 4.74 Å². The quantitative estimate of drug-likeness (QED) is 0.663. The molecule has 0 amide bonds. The summed E-state index contributed by atoms with van der Waals surface area (Å²) in [6.45, 7) is 6.50. The lowest BCUT2D eigenvalue weighted by Gasteiger charge is -2.65. The molecular formula is C15H18N2O. The van der Waals surface area contributed by atoms with Crippen molar-refractivity contribution in [3.8, 4) is 12.1 Å². The van der Waals surface area contributed by atoms with Crippen LogP contribution < -0.4 is 0 Å². The van der Waals surface area contributed by atoms with E-state index in [1.54, 1.807) is 0 Å². The van der Waals surface area contributed by atoms with E-state index < -0.39 is 5.41 Å². The predicted octanol–water partition coefficient (Wildman–Crippen LogP) is 2.35. The number of hydrogen-bond donors (Lipinski definition) is 0. The number of hydrogen-bond acceptors (Lipinski definition) is 3. The summed E-state index contributed by atoms with van der Waals surface area (Å²) >= 11 is 0. The molecule has 0 aromatic rings. The molecule has 4 aliphatic rings. The second kappa shape index (κ2) is 2.75. The van der Waals surface area contributed by atoms with Gasteiger partial charge in [-0.1, -0.05) is 20.8 Å². The summed E-state index contributed by atoms with van der Waals surface area (Å²) in [5.74, 6) is 2.28. The molecule has 18 heavy (non-hydrogen) atoms. The van der Waals surface area contributed by atoms with Crippen molar-refractivity contribution in [1.82, 2.24) is 0 Å². The largest absolute Gasteiger partial charge is 0.369 e. The van der Waals surface area contributed by atoms with E-state index in [4.69, 9.17) is 4.74 Å². The number of rotatable bonds is 1. The highest BCUT2D eigenvalue weighted by atomic mass is 16.6. The van der Waals surface area contributed by atoms with E-state index in [9.17, 15) is 10.5 Å². The first-order chi connectivity index (χ1) is 8.53. The first-order valence-corrected chi connectivity index (χ1v) is 7.01. The van der Waals surface area contributed by atoms with Gasteiger partial charge in [-0.3, -0.25) is 0 Å². The molecule has 2 bridgehead atoms. The summed E-state index contributed by atoms with van der Waals surface area (Å²) in [6, 6.07) is 4.83. The average molecular weight is 242 g/mol. The summed E-state index contributed by atoms with van der Waals surface area (Å²) in [5, 5.41) is 19.4. The average Bonchev–Trinajstić information content (AvgIpc) is 2.98. The van der Waals surface area contributed by atoms with Crippen molar-refractivity contribution in [3.63, 3.8) is 0 Å². The van der Waals surface area contributed by atoms with Gasteiger partial charge in [-0.25, -0.2) is 0 Å². The highest BCUT2D eigenvalue weighted by Gasteiger charge is 2.84. The molecule has 7 atom stereocenters. The summed E-state index contributed by atoms with van der Waals surface area (Å²) in [6.07, 6.45) is 2.04. The van der Waals surface area contributed by atoms with Gasteiger partial charge in [0.2, 0.25) is 0 Å². The number of epoxide rings is 1. The first kappa shape index (κ1) is 10.8. The van der Waals surface area contributed by atoms with E-state index in [0.717, 1.165) is 0 Å². The molecule has 1 saturated heterocycles. The molecule has 3 nitrogen and oxygen atoms in total. The van der Waals surface area contributed by atoms with Crippen LogP contribution in [0.4, 0.5) is 0 Å². The number of fused-ring (bicyclic) bond motifs is 8. The SMILES string of the molecule is CC(C)C1(C)C2C3CC(C4OC34)C2C1(C#N)C#N. The molecule has 7 unspecified atom stereocenters. The van der Waals surface area contributed by atoms with Crippen molar-refractivity contribution >= 4 is 0 Å². The van der Waals surface area contributed by atoms with E-state index in [1.807, 2.05) is 0 Å². The fourth-order valence-electron chi connectivity index (χ4n) is 5.83. The molecule has 0 N–H and O–H groups in total. The Bertz CT molecular complexity index is 500. The molecule has 0 radical (unpaired) electrons. The molecule has 3 heteroatoms. The van der Waals surface area contributed by atoms with Gasteiger partial charge in [0.25, 0.3) is 0 Å². The fraction of sp³-hybridized carbons (Fsp3) is 0.867. The third kappa shape index (κ3) is 0.757. The molecule has 0 aromatic carbocycles. The Hall–Kier alpha value is -1.06. The Morgan fingerprint density at radius 3 is 2.17 bits per heavy atom. The second-order valence-electron chi connectivity index (χ2n) is 7.15. The van der Waals surface area contributed by atoms with Crippen molar-refractivity contribution in [2.24, 2.45) is 40.4 Å². The number of ether oxygens (including phenoxy) is 1. The Kier molecular flexibility index (Phi) is 1.66. The summed E-state index contributed by atoms with van der Waals surface area (Å²) in [5.41, 5.74) is -0.931. The molecule has 4 fully saturated rings.